The molecule has 0 unspecified atom stereocenters. The highest BCUT2D eigenvalue weighted by molar-refractivity contribution is 5.99. The second-order valence-electron chi connectivity index (χ2n) is 5.04. The molecule has 0 aliphatic heterocycles. The maximum Gasteiger partial charge on any atom is 0.345 e. The van der Waals surface area contributed by atoms with Gasteiger partial charge in [-0.1, -0.05) is 44.2 Å². The van der Waals surface area contributed by atoms with E-state index in [2.05, 4.69) is 10.1 Å². The molecule has 0 radical (unpaired) electrons. The van der Waals surface area contributed by atoms with E-state index >= 15 is 0 Å². The van der Waals surface area contributed by atoms with Crippen molar-refractivity contribution in [1.82, 2.24) is 14.6 Å². The van der Waals surface area contributed by atoms with Gasteiger partial charge in [-0.25, -0.2) is 14.3 Å². The molecule has 1 aromatic carbocycles. The number of pyridine rings is 1. The normalized spacial score (nSPS) is 10.1. The minimum absolute atomic E-state index is 0.283. The minimum atomic E-state index is -0.461. The van der Waals surface area contributed by atoms with E-state index in [-0.39, 0.29) is 6.61 Å². The number of hydrogen-bond acceptors (Lipinski definition) is 5. The Morgan fingerprint density at radius 1 is 1.20 bits per heavy atom. The first-order valence-electron chi connectivity index (χ1n) is 8.37. The van der Waals surface area contributed by atoms with E-state index in [1.807, 2.05) is 51.1 Å². The van der Waals surface area contributed by atoms with Gasteiger partial charge in [-0.15, -0.1) is 0 Å². The number of benzene rings is 1. The molecule has 0 spiro atoms. The lowest BCUT2D eigenvalue weighted by Gasteiger charge is -2.14. The first kappa shape index (κ1) is 18.4. The van der Waals surface area contributed by atoms with Gasteiger partial charge in [0, 0.05) is 11.8 Å². The molecule has 0 aliphatic carbocycles. The van der Waals surface area contributed by atoms with E-state index < -0.39 is 5.97 Å². The fraction of sp³-hybridized carbons (Fsp3) is 0.316. The number of esters is 1. The largest absolute Gasteiger partial charge is 0.488 e. The smallest absolute Gasteiger partial charge is 0.345 e. The van der Waals surface area contributed by atoms with Crippen LogP contribution in [0, 0.1) is 6.92 Å². The molecule has 0 bridgehead atoms. The second kappa shape index (κ2) is 8.82. The molecule has 0 atom stereocenters. The summed E-state index contributed by atoms with van der Waals surface area (Å²) in [6.07, 6.45) is 3.18. The summed E-state index contributed by atoms with van der Waals surface area (Å²) in [6.45, 7) is 8.27. The number of rotatable bonds is 5. The van der Waals surface area contributed by atoms with Crippen molar-refractivity contribution >= 4 is 11.6 Å². The topological polar surface area (TPSA) is 65.7 Å². The Balaban J connectivity index is 0.00000109. The van der Waals surface area contributed by atoms with Gasteiger partial charge in [-0.05, 0) is 19.4 Å². The Morgan fingerprint density at radius 2 is 1.92 bits per heavy atom. The van der Waals surface area contributed by atoms with E-state index in [9.17, 15) is 4.79 Å². The number of aryl methyl sites for hydroxylation is 1. The van der Waals surface area contributed by atoms with Crippen LogP contribution in [0.15, 0.2) is 42.9 Å². The van der Waals surface area contributed by atoms with E-state index in [0.29, 0.717) is 23.6 Å². The third-order valence-corrected chi connectivity index (χ3v) is 3.40. The highest BCUT2D eigenvalue weighted by Gasteiger charge is 2.22. The van der Waals surface area contributed by atoms with Crippen molar-refractivity contribution < 1.29 is 14.3 Å². The Labute approximate surface area is 147 Å². The number of fused-ring (bicyclic) bond motifs is 1. The molecule has 0 fully saturated rings. The van der Waals surface area contributed by atoms with Gasteiger partial charge < -0.3 is 9.47 Å². The van der Waals surface area contributed by atoms with Gasteiger partial charge >= 0.3 is 5.97 Å². The van der Waals surface area contributed by atoms with Crippen LogP contribution >= 0.6 is 0 Å². The molecule has 132 valence electrons. The monoisotopic (exact) mass is 341 g/mol. The van der Waals surface area contributed by atoms with Crippen LogP contribution in [0.3, 0.4) is 0 Å². The van der Waals surface area contributed by atoms with Crippen LogP contribution in [-0.4, -0.2) is 27.2 Å². The summed E-state index contributed by atoms with van der Waals surface area (Å²) >= 11 is 0. The summed E-state index contributed by atoms with van der Waals surface area (Å²) < 4.78 is 12.6. The van der Waals surface area contributed by atoms with Crippen molar-refractivity contribution in [3.05, 3.63) is 59.5 Å². The molecule has 6 nitrogen and oxygen atoms in total. The maximum atomic E-state index is 12.4. The SMILES string of the molecule is CC.CCOC(=O)c1c(OCc2ccccc2)c(C)cn2ncnc12. The molecule has 2 heterocycles. The van der Waals surface area contributed by atoms with E-state index in [4.69, 9.17) is 9.47 Å². The first-order chi connectivity index (χ1) is 12.2. The zero-order valence-electron chi connectivity index (χ0n) is 15.0. The molecular formula is C19H23N3O3. The van der Waals surface area contributed by atoms with Crippen LogP contribution in [0.2, 0.25) is 0 Å². The number of ether oxygens (including phenoxy) is 2. The highest BCUT2D eigenvalue weighted by atomic mass is 16.5. The zero-order chi connectivity index (χ0) is 18.2. The lowest BCUT2D eigenvalue weighted by molar-refractivity contribution is 0.0522. The van der Waals surface area contributed by atoms with Crippen LogP contribution in [0.25, 0.3) is 5.65 Å². The first-order valence-corrected chi connectivity index (χ1v) is 8.37. The van der Waals surface area contributed by atoms with Crippen molar-refractivity contribution in [3.63, 3.8) is 0 Å². The van der Waals surface area contributed by atoms with Crippen LogP contribution < -0.4 is 4.74 Å². The number of carbonyl (C=O) groups is 1. The van der Waals surface area contributed by atoms with Gasteiger partial charge in [0.1, 0.15) is 24.2 Å². The molecule has 2 aromatic heterocycles. The molecule has 3 rings (SSSR count). The summed E-state index contributed by atoms with van der Waals surface area (Å²) in [5.74, 6) is 0.0186. The molecular weight excluding hydrogens is 318 g/mol. The molecule has 0 N–H and O–H groups in total. The third kappa shape index (κ3) is 4.15. The standard InChI is InChI=1S/C17H17N3O3.C2H6/c1-3-22-17(21)14-15(23-10-13-7-5-4-6-8-13)12(2)9-20-16(14)18-11-19-20;1-2/h4-9,11H,3,10H2,1-2H3;1-2H3. The molecule has 0 saturated carbocycles. The highest BCUT2D eigenvalue weighted by Crippen LogP contribution is 2.28. The predicted molar refractivity (Wildman–Crippen MR) is 95.8 cm³/mol. The summed E-state index contributed by atoms with van der Waals surface area (Å²) in [4.78, 5) is 16.5. The summed E-state index contributed by atoms with van der Waals surface area (Å²) in [6, 6.07) is 9.77. The third-order valence-electron chi connectivity index (χ3n) is 3.40. The summed E-state index contributed by atoms with van der Waals surface area (Å²) in [5, 5.41) is 4.08. The predicted octanol–water partition coefficient (Wildman–Crippen LogP) is 3.82. The average Bonchev–Trinajstić information content (AvgIpc) is 3.10. The van der Waals surface area contributed by atoms with Crippen LogP contribution in [0.1, 0.15) is 42.3 Å². The maximum absolute atomic E-state index is 12.4. The van der Waals surface area contributed by atoms with Gasteiger partial charge in [0.25, 0.3) is 0 Å². The Kier molecular flexibility index (Phi) is 6.51. The summed E-state index contributed by atoms with van der Waals surface area (Å²) in [7, 11) is 0. The van der Waals surface area contributed by atoms with Crippen molar-refractivity contribution in [3.8, 4) is 5.75 Å². The number of nitrogens with zero attached hydrogens (tertiary/aromatic N) is 3. The van der Waals surface area contributed by atoms with Crippen molar-refractivity contribution in [2.75, 3.05) is 6.61 Å². The molecule has 0 aliphatic rings. The van der Waals surface area contributed by atoms with Gasteiger partial charge in [0.05, 0.1) is 6.61 Å². The lowest BCUT2D eigenvalue weighted by Crippen LogP contribution is -2.12. The number of aromatic nitrogens is 3. The van der Waals surface area contributed by atoms with Crippen molar-refractivity contribution in [2.45, 2.75) is 34.3 Å². The van der Waals surface area contributed by atoms with Crippen LogP contribution in [-0.2, 0) is 11.3 Å². The van der Waals surface area contributed by atoms with Crippen LogP contribution in [0.4, 0.5) is 0 Å². The van der Waals surface area contributed by atoms with E-state index in [0.717, 1.165) is 11.1 Å². The Morgan fingerprint density at radius 3 is 2.60 bits per heavy atom. The van der Waals surface area contributed by atoms with Crippen molar-refractivity contribution in [2.24, 2.45) is 0 Å². The Hall–Kier alpha value is -2.89. The van der Waals surface area contributed by atoms with Gasteiger partial charge in [-0.2, -0.15) is 5.10 Å². The fourth-order valence-electron chi connectivity index (χ4n) is 2.37. The zero-order valence-corrected chi connectivity index (χ0v) is 15.0. The molecule has 6 heteroatoms. The molecule has 0 amide bonds. The van der Waals surface area contributed by atoms with Crippen molar-refractivity contribution in [1.29, 1.82) is 0 Å². The minimum Gasteiger partial charge on any atom is -0.488 e. The van der Waals surface area contributed by atoms with Gasteiger partial charge in [-0.3, -0.25) is 0 Å². The Bertz CT molecular complexity index is 829. The summed E-state index contributed by atoms with van der Waals surface area (Å²) in [5.41, 5.74) is 2.54. The number of carbonyl (C=O) groups excluding carboxylic acids is 1. The van der Waals surface area contributed by atoms with E-state index in [1.54, 1.807) is 17.6 Å². The quantitative estimate of drug-likeness (QED) is 0.660. The van der Waals surface area contributed by atoms with Crippen LogP contribution in [0.5, 0.6) is 5.75 Å². The fourth-order valence-corrected chi connectivity index (χ4v) is 2.37. The molecule has 0 saturated heterocycles. The lowest BCUT2D eigenvalue weighted by atomic mass is 10.1. The van der Waals surface area contributed by atoms with Gasteiger partial charge in [0.2, 0.25) is 0 Å². The molecule has 25 heavy (non-hydrogen) atoms. The van der Waals surface area contributed by atoms with E-state index in [1.165, 1.54) is 6.33 Å². The average molecular weight is 341 g/mol. The second-order valence-corrected chi connectivity index (χ2v) is 5.04. The molecule has 3 aromatic rings. The number of hydrogen-bond donors (Lipinski definition) is 0. The van der Waals surface area contributed by atoms with Gasteiger partial charge in [0.15, 0.2) is 5.65 Å².